The molecule has 3 aromatic rings. The number of halogens is 1. The molecule has 2 heterocycles. The fourth-order valence-corrected chi connectivity index (χ4v) is 3.49. The second kappa shape index (κ2) is 8.32. The fourth-order valence-electron chi connectivity index (χ4n) is 2.46. The molecule has 7 nitrogen and oxygen atoms in total. The van der Waals surface area contributed by atoms with E-state index in [1.54, 1.807) is 26.0 Å². The molecule has 0 spiro atoms. The molecule has 2 aromatic heterocycles. The van der Waals surface area contributed by atoms with Gasteiger partial charge >= 0.3 is 11.9 Å². The maximum atomic E-state index is 12.3. The SMILES string of the molecule is Cc1c(C(=O)OC(C)C)sc2ncnc(Nc3ccc(C(=O)O)cc3)c12.Cl. The minimum absolute atomic E-state index is 0. The van der Waals surface area contributed by atoms with Crippen LogP contribution in [0.15, 0.2) is 30.6 Å². The number of carbonyl (C=O) groups is 2. The van der Waals surface area contributed by atoms with E-state index >= 15 is 0 Å². The van der Waals surface area contributed by atoms with E-state index in [9.17, 15) is 9.59 Å². The lowest BCUT2D eigenvalue weighted by Gasteiger charge is -2.08. The Balaban J connectivity index is 0.00000261. The number of aromatic carboxylic acids is 1. The molecular weight excluding hydrogens is 390 g/mol. The molecule has 2 N–H and O–H groups in total. The van der Waals surface area contributed by atoms with Crippen molar-refractivity contribution >= 4 is 57.4 Å². The van der Waals surface area contributed by atoms with Crippen LogP contribution < -0.4 is 5.32 Å². The van der Waals surface area contributed by atoms with Crippen LogP contribution in [0.5, 0.6) is 0 Å². The summed E-state index contributed by atoms with van der Waals surface area (Å²) >= 11 is 1.26. The zero-order valence-corrected chi connectivity index (χ0v) is 16.5. The Hall–Kier alpha value is -2.71. The number of ether oxygens (including phenoxy) is 1. The third kappa shape index (κ3) is 4.35. The van der Waals surface area contributed by atoms with Crippen molar-refractivity contribution in [3.63, 3.8) is 0 Å². The van der Waals surface area contributed by atoms with E-state index in [0.29, 0.717) is 21.2 Å². The number of carboxylic acid groups (broad SMARTS) is 1. The molecule has 0 aliphatic carbocycles. The number of benzene rings is 1. The number of esters is 1. The van der Waals surface area contributed by atoms with Gasteiger partial charge in [-0.15, -0.1) is 23.7 Å². The summed E-state index contributed by atoms with van der Waals surface area (Å²) in [5.41, 5.74) is 1.64. The Morgan fingerprint density at radius 3 is 2.44 bits per heavy atom. The Morgan fingerprint density at radius 1 is 1.19 bits per heavy atom. The van der Waals surface area contributed by atoms with Gasteiger partial charge in [0.1, 0.15) is 21.9 Å². The first-order valence-corrected chi connectivity index (χ1v) is 8.74. The van der Waals surface area contributed by atoms with E-state index in [-0.39, 0.29) is 30.0 Å². The van der Waals surface area contributed by atoms with Gasteiger partial charge in [0, 0.05) is 5.69 Å². The lowest BCUT2D eigenvalue weighted by Crippen LogP contribution is -2.11. The summed E-state index contributed by atoms with van der Waals surface area (Å²) in [5.74, 6) is -0.810. The minimum Gasteiger partial charge on any atom is -0.478 e. The molecule has 0 saturated heterocycles. The van der Waals surface area contributed by atoms with Gasteiger partial charge in [-0.05, 0) is 50.6 Å². The number of rotatable bonds is 5. The first-order chi connectivity index (χ1) is 12.4. The van der Waals surface area contributed by atoms with Gasteiger partial charge in [0.05, 0.1) is 17.1 Å². The van der Waals surface area contributed by atoms with Crippen molar-refractivity contribution in [2.45, 2.75) is 26.9 Å². The molecule has 27 heavy (non-hydrogen) atoms. The summed E-state index contributed by atoms with van der Waals surface area (Å²) in [6, 6.07) is 6.34. The van der Waals surface area contributed by atoms with Gasteiger partial charge in [-0.3, -0.25) is 0 Å². The highest BCUT2D eigenvalue weighted by atomic mass is 35.5. The van der Waals surface area contributed by atoms with Crippen molar-refractivity contribution in [1.82, 2.24) is 9.97 Å². The average molecular weight is 408 g/mol. The maximum absolute atomic E-state index is 12.3. The average Bonchev–Trinajstić information content (AvgIpc) is 2.93. The van der Waals surface area contributed by atoms with Gasteiger partial charge in [0.15, 0.2) is 0 Å². The Bertz CT molecular complexity index is 986. The van der Waals surface area contributed by atoms with Crippen LogP contribution in [0.4, 0.5) is 11.5 Å². The molecule has 142 valence electrons. The lowest BCUT2D eigenvalue weighted by atomic mass is 10.2. The number of carbonyl (C=O) groups excluding carboxylic acids is 1. The van der Waals surface area contributed by atoms with Crippen LogP contribution in [0.25, 0.3) is 10.2 Å². The number of fused-ring (bicyclic) bond motifs is 1. The third-order valence-electron chi connectivity index (χ3n) is 3.65. The first-order valence-electron chi connectivity index (χ1n) is 7.92. The van der Waals surface area contributed by atoms with Crippen molar-refractivity contribution < 1.29 is 19.4 Å². The van der Waals surface area contributed by atoms with Gasteiger partial charge in [-0.2, -0.15) is 0 Å². The molecular formula is C18H18ClN3O4S. The zero-order valence-electron chi connectivity index (χ0n) is 14.8. The molecule has 9 heteroatoms. The van der Waals surface area contributed by atoms with E-state index in [0.717, 1.165) is 10.9 Å². The lowest BCUT2D eigenvalue weighted by molar-refractivity contribution is 0.0383. The summed E-state index contributed by atoms with van der Waals surface area (Å²) in [4.78, 5) is 32.9. The van der Waals surface area contributed by atoms with Gasteiger partial charge in [-0.1, -0.05) is 0 Å². The Labute approximate surface area is 165 Å². The number of hydrogen-bond acceptors (Lipinski definition) is 7. The van der Waals surface area contributed by atoms with Crippen molar-refractivity contribution in [2.75, 3.05) is 5.32 Å². The normalized spacial score (nSPS) is 10.5. The molecule has 0 radical (unpaired) electrons. The van der Waals surface area contributed by atoms with Gasteiger partial charge in [0.2, 0.25) is 0 Å². The number of nitrogens with one attached hydrogen (secondary N) is 1. The van der Waals surface area contributed by atoms with E-state index < -0.39 is 5.97 Å². The van der Waals surface area contributed by atoms with E-state index in [2.05, 4.69) is 15.3 Å². The molecule has 0 unspecified atom stereocenters. The molecule has 0 fully saturated rings. The summed E-state index contributed by atoms with van der Waals surface area (Å²) in [5, 5.41) is 12.9. The number of hydrogen-bond donors (Lipinski definition) is 2. The van der Waals surface area contributed by atoms with Crippen LogP contribution in [0, 0.1) is 6.92 Å². The number of anilines is 2. The fraction of sp³-hybridized carbons (Fsp3) is 0.222. The summed E-state index contributed by atoms with van der Waals surface area (Å²) < 4.78 is 5.29. The topological polar surface area (TPSA) is 101 Å². The van der Waals surface area contributed by atoms with E-state index in [4.69, 9.17) is 9.84 Å². The second-order valence-corrected chi connectivity index (χ2v) is 6.92. The van der Waals surface area contributed by atoms with Crippen LogP contribution in [0.2, 0.25) is 0 Å². The summed E-state index contributed by atoms with van der Waals surface area (Å²) in [6.45, 7) is 5.43. The van der Waals surface area contributed by atoms with Gasteiger partial charge < -0.3 is 15.2 Å². The summed E-state index contributed by atoms with van der Waals surface area (Å²) in [7, 11) is 0. The predicted molar refractivity (Wildman–Crippen MR) is 107 cm³/mol. The molecule has 1 aromatic carbocycles. The molecule has 0 amide bonds. The monoisotopic (exact) mass is 407 g/mol. The number of nitrogens with zero attached hydrogens (tertiary/aromatic N) is 2. The van der Waals surface area contributed by atoms with Crippen molar-refractivity contribution in [2.24, 2.45) is 0 Å². The summed E-state index contributed by atoms with van der Waals surface area (Å²) in [6.07, 6.45) is 1.22. The number of aryl methyl sites for hydroxylation is 1. The number of thiophene rings is 1. The van der Waals surface area contributed by atoms with Gasteiger partial charge in [0.25, 0.3) is 0 Å². The zero-order chi connectivity index (χ0) is 18.8. The minimum atomic E-state index is -0.983. The number of carboxylic acids is 1. The van der Waals surface area contributed by atoms with Crippen molar-refractivity contribution in [3.8, 4) is 0 Å². The van der Waals surface area contributed by atoms with Gasteiger partial charge in [-0.25, -0.2) is 19.6 Å². The van der Waals surface area contributed by atoms with E-state index in [1.165, 1.54) is 29.8 Å². The molecule has 3 rings (SSSR count). The highest BCUT2D eigenvalue weighted by molar-refractivity contribution is 7.20. The van der Waals surface area contributed by atoms with Crippen LogP contribution >= 0.6 is 23.7 Å². The first kappa shape index (κ1) is 20.6. The molecule has 0 aliphatic heterocycles. The molecule has 0 atom stereocenters. The highest BCUT2D eigenvalue weighted by Gasteiger charge is 2.21. The highest BCUT2D eigenvalue weighted by Crippen LogP contribution is 2.35. The standard InChI is InChI=1S/C18H17N3O4S.ClH/c1-9(2)25-18(24)14-10(3)13-15(19-8-20-16(13)26-14)21-12-6-4-11(5-7-12)17(22)23;/h4-9H,1-3H3,(H,22,23)(H,19,20,21);1H. The van der Waals surface area contributed by atoms with Crippen LogP contribution in [0.1, 0.15) is 39.4 Å². The smallest absolute Gasteiger partial charge is 0.348 e. The molecule has 0 aliphatic rings. The largest absolute Gasteiger partial charge is 0.478 e. The maximum Gasteiger partial charge on any atom is 0.348 e. The second-order valence-electron chi connectivity index (χ2n) is 5.92. The molecule has 0 bridgehead atoms. The van der Waals surface area contributed by atoms with Crippen molar-refractivity contribution in [3.05, 3.63) is 46.6 Å². The van der Waals surface area contributed by atoms with Crippen molar-refractivity contribution in [1.29, 1.82) is 0 Å². The Morgan fingerprint density at radius 2 is 1.85 bits per heavy atom. The third-order valence-corrected chi connectivity index (χ3v) is 4.83. The number of aromatic nitrogens is 2. The predicted octanol–water partition coefficient (Wildman–Crippen LogP) is 4.43. The molecule has 0 saturated carbocycles. The Kier molecular flexibility index (Phi) is 6.35. The quantitative estimate of drug-likeness (QED) is 0.603. The van der Waals surface area contributed by atoms with Crippen LogP contribution in [-0.4, -0.2) is 33.1 Å². The van der Waals surface area contributed by atoms with Crippen LogP contribution in [-0.2, 0) is 4.74 Å². The van der Waals surface area contributed by atoms with E-state index in [1.807, 2.05) is 6.92 Å². The van der Waals surface area contributed by atoms with Crippen LogP contribution in [0.3, 0.4) is 0 Å².